The van der Waals surface area contributed by atoms with Gasteiger partial charge in [-0.1, -0.05) is 36.4 Å². The van der Waals surface area contributed by atoms with Crippen molar-refractivity contribution in [1.29, 1.82) is 0 Å². The molecular formula is C20H19FN4O2. The van der Waals surface area contributed by atoms with E-state index in [-0.39, 0.29) is 36.0 Å². The Morgan fingerprint density at radius 2 is 2.04 bits per heavy atom. The smallest absolute Gasteiger partial charge is 0.229 e. The SMILES string of the molecule is O=C(NCCc1ccccc1)[C@@H]1CC(=O)N(c2n[nH]c3cccc(F)c23)C1. The molecule has 0 aliphatic carbocycles. The van der Waals surface area contributed by atoms with Crippen LogP contribution in [0.5, 0.6) is 0 Å². The van der Waals surface area contributed by atoms with Crippen molar-refractivity contribution in [2.24, 2.45) is 5.92 Å². The summed E-state index contributed by atoms with van der Waals surface area (Å²) in [5.41, 5.74) is 1.66. The first-order valence-electron chi connectivity index (χ1n) is 8.88. The van der Waals surface area contributed by atoms with E-state index in [1.54, 1.807) is 12.1 Å². The average Bonchev–Trinajstić information content (AvgIpc) is 3.27. The molecule has 0 bridgehead atoms. The number of fused-ring (bicyclic) bond motifs is 1. The van der Waals surface area contributed by atoms with E-state index in [0.717, 1.165) is 12.0 Å². The lowest BCUT2D eigenvalue weighted by molar-refractivity contribution is -0.126. The lowest BCUT2D eigenvalue weighted by Crippen LogP contribution is -2.34. The first-order chi connectivity index (χ1) is 13.1. The molecule has 0 radical (unpaired) electrons. The van der Waals surface area contributed by atoms with E-state index < -0.39 is 11.7 Å². The highest BCUT2D eigenvalue weighted by molar-refractivity contribution is 6.05. The van der Waals surface area contributed by atoms with Crippen LogP contribution >= 0.6 is 0 Å². The van der Waals surface area contributed by atoms with E-state index in [4.69, 9.17) is 0 Å². The van der Waals surface area contributed by atoms with Crippen molar-refractivity contribution < 1.29 is 14.0 Å². The Kier molecular flexibility index (Phi) is 4.58. The maximum Gasteiger partial charge on any atom is 0.229 e. The molecule has 138 valence electrons. The zero-order valence-corrected chi connectivity index (χ0v) is 14.6. The molecule has 1 saturated heterocycles. The van der Waals surface area contributed by atoms with E-state index in [1.165, 1.54) is 11.0 Å². The summed E-state index contributed by atoms with van der Waals surface area (Å²) in [6.45, 7) is 0.706. The maximum atomic E-state index is 14.2. The highest BCUT2D eigenvalue weighted by atomic mass is 19.1. The second kappa shape index (κ2) is 7.19. The number of anilines is 1. The van der Waals surface area contributed by atoms with Crippen molar-refractivity contribution in [2.75, 3.05) is 18.0 Å². The number of aromatic amines is 1. The van der Waals surface area contributed by atoms with E-state index >= 15 is 0 Å². The number of carbonyl (C=O) groups is 2. The zero-order valence-electron chi connectivity index (χ0n) is 14.6. The predicted molar refractivity (Wildman–Crippen MR) is 99.7 cm³/mol. The molecule has 2 amide bonds. The van der Waals surface area contributed by atoms with Gasteiger partial charge in [0.05, 0.1) is 16.8 Å². The molecular weight excluding hydrogens is 347 g/mol. The fourth-order valence-electron chi connectivity index (χ4n) is 3.42. The summed E-state index contributed by atoms with van der Waals surface area (Å²) in [4.78, 5) is 26.2. The lowest BCUT2D eigenvalue weighted by atomic mass is 10.1. The quantitative estimate of drug-likeness (QED) is 0.728. The minimum atomic E-state index is -0.466. The Hall–Kier alpha value is -3.22. The number of nitrogens with one attached hydrogen (secondary N) is 2. The Labute approximate surface area is 155 Å². The van der Waals surface area contributed by atoms with Gasteiger partial charge in [0, 0.05) is 19.5 Å². The topological polar surface area (TPSA) is 78.1 Å². The number of H-pyrrole nitrogens is 1. The molecule has 6 nitrogen and oxygen atoms in total. The molecule has 4 rings (SSSR count). The van der Waals surface area contributed by atoms with E-state index in [9.17, 15) is 14.0 Å². The van der Waals surface area contributed by atoms with Gasteiger partial charge in [-0.05, 0) is 24.1 Å². The normalized spacial score (nSPS) is 16.9. The molecule has 1 fully saturated rings. The summed E-state index contributed by atoms with van der Waals surface area (Å²) in [6, 6.07) is 14.5. The average molecular weight is 366 g/mol. The van der Waals surface area contributed by atoms with Crippen molar-refractivity contribution in [3.8, 4) is 0 Å². The standard InChI is InChI=1S/C20H19FN4O2/c21-15-7-4-8-16-18(15)19(24-23-16)25-12-14(11-17(25)26)20(27)22-10-9-13-5-2-1-3-6-13/h1-8,14H,9-12H2,(H,22,27)(H,23,24)/t14-/m1/s1. The summed E-state index contributed by atoms with van der Waals surface area (Å²) in [7, 11) is 0. The molecule has 0 spiro atoms. The van der Waals surface area contributed by atoms with Crippen LogP contribution in [0.15, 0.2) is 48.5 Å². The van der Waals surface area contributed by atoms with Crippen LogP contribution in [0.4, 0.5) is 10.2 Å². The third kappa shape index (κ3) is 3.40. The molecule has 1 aliphatic rings. The highest BCUT2D eigenvalue weighted by Gasteiger charge is 2.37. The maximum absolute atomic E-state index is 14.2. The zero-order chi connectivity index (χ0) is 18.8. The molecule has 1 aliphatic heterocycles. The summed E-state index contributed by atoms with van der Waals surface area (Å²) >= 11 is 0. The van der Waals surface area contributed by atoms with Crippen molar-refractivity contribution in [1.82, 2.24) is 15.5 Å². The summed E-state index contributed by atoms with van der Waals surface area (Å²) < 4.78 is 14.2. The molecule has 3 aromatic rings. The third-order valence-corrected chi connectivity index (χ3v) is 4.83. The molecule has 2 N–H and O–H groups in total. The summed E-state index contributed by atoms with van der Waals surface area (Å²) in [5, 5.41) is 9.99. The summed E-state index contributed by atoms with van der Waals surface area (Å²) in [6.07, 6.45) is 0.826. The van der Waals surface area contributed by atoms with Crippen LogP contribution in [-0.4, -0.2) is 35.1 Å². The van der Waals surface area contributed by atoms with Gasteiger partial charge in [0.2, 0.25) is 11.8 Å². The molecule has 0 saturated carbocycles. The Morgan fingerprint density at radius 1 is 1.22 bits per heavy atom. The van der Waals surface area contributed by atoms with Crippen LogP contribution in [-0.2, 0) is 16.0 Å². The molecule has 2 aromatic carbocycles. The number of halogens is 1. The van der Waals surface area contributed by atoms with Gasteiger partial charge >= 0.3 is 0 Å². The van der Waals surface area contributed by atoms with E-state index in [2.05, 4.69) is 15.5 Å². The van der Waals surface area contributed by atoms with Gasteiger partial charge in [0.1, 0.15) is 5.82 Å². The number of hydrogen-bond acceptors (Lipinski definition) is 3. The van der Waals surface area contributed by atoms with Gasteiger partial charge in [0.25, 0.3) is 0 Å². The molecule has 1 aromatic heterocycles. The number of carbonyl (C=O) groups excluding carboxylic acids is 2. The molecule has 2 heterocycles. The van der Waals surface area contributed by atoms with Crippen molar-refractivity contribution >= 4 is 28.5 Å². The fourth-order valence-corrected chi connectivity index (χ4v) is 3.42. The number of nitrogens with zero attached hydrogens (tertiary/aromatic N) is 2. The largest absolute Gasteiger partial charge is 0.355 e. The Balaban J connectivity index is 1.42. The molecule has 0 unspecified atom stereocenters. The second-order valence-corrected chi connectivity index (χ2v) is 6.64. The van der Waals surface area contributed by atoms with Gasteiger partial charge in [-0.25, -0.2) is 4.39 Å². The minimum absolute atomic E-state index is 0.0972. The fraction of sp³-hybridized carbons (Fsp3) is 0.250. The van der Waals surface area contributed by atoms with Crippen LogP contribution in [0.25, 0.3) is 10.9 Å². The van der Waals surface area contributed by atoms with Gasteiger partial charge in [-0.2, -0.15) is 5.10 Å². The number of rotatable bonds is 5. The molecule has 7 heteroatoms. The number of aromatic nitrogens is 2. The number of amides is 2. The van der Waals surface area contributed by atoms with Crippen LogP contribution < -0.4 is 10.2 Å². The Morgan fingerprint density at radius 3 is 2.85 bits per heavy atom. The van der Waals surface area contributed by atoms with Crippen molar-refractivity contribution in [2.45, 2.75) is 12.8 Å². The highest BCUT2D eigenvalue weighted by Crippen LogP contribution is 2.31. The van der Waals surface area contributed by atoms with Crippen molar-refractivity contribution in [3.63, 3.8) is 0 Å². The predicted octanol–water partition coefficient (Wildman–Crippen LogP) is 2.41. The van der Waals surface area contributed by atoms with Crippen molar-refractivity contribution in [3.05, 3.63) is 59.9 Å². The van der Waals surface area contributed by atoms with Crippen LogP contribution in [0.3, 0.4) is 0 Å². The van der Waals surface area contributed by atoms with Crippen LogP contribution in [0.2, 0.25) is 0 Å². The van der Waals surface area contributed by atoms with E-state index in [0.29, 0.717) is 12.1 Å². The van der Waals surface area contributed by atoms with Gasteiger partial charge < -0.3 is 5.32 Å². The van der Waals surface area contributed by atoms with Gasteiger partial charge in [-0.3, -0.25) is 19.6 Å². The van der Waals surface area contributed by atoms with E-state index in [1.807, 2.05) is 30.3 Å². The Bertz CT molecular complexity index is 986. The number of benzene rings is 2. The first-order valence-corrected chi connectivity index (χ1v) is 8.88. The molecule has 27 heavy (non-hydrogen) atoms. The summed E-state index contributed by atoms with van der Waals surface area (Å²) in [5.74, 6) is -1.06. The minimum Gasteiger partial charge on any atom is -0.355 e. The van der Waals surface area contributed by atoms with Crippen LogP contribution in [0, 0.1) is 11.7 Å². The first kappa shape index (κ1) is 17.2. The molecule has 1 atom stereocenters. The van der Waals surface area contributed by atoms with Crippen LogP contribution in [0.1, 0.15) is 12.0 Å². The van der Waals surface area contributed by atoms with Gasteiger partial charge in [0.15, 0.2) is 5.82 Å². The second-order valence-electron chi connectivity index (χ2n) is 6.64. The third-order valence-electron chi connectivity index (χ3n) is 4.83. The van der Waals surface area contributed by atoms with Gasteiger partial charge in [-0.15, -0.1) is 0 Å². The number of hydrogen-bond donors (Lipinski definition) is 2. The monoisotopic (exact) mass is 366 g/mol. The lowest BCUT2D eigenvalue weighted by Gasteiger charge is -2.14.